The highest BCUT2D eigenvalue weighted by Gasteiger charge is 2.32. The Hall–Kier alpha value is -0.930. The molecule has 0 amide bonds. The van der Waals surface area contributed by atoms with E-state index in [0.717, 1.165) is 12.3 Å². The molecule has 0 saturated heterocycles. The molecule has 3 heteroatoms. The molecule has 0 bridgehead atoms. The Kier molecular flexibility index (Phi) is 5.55. The fourth-order valence-electron chi connectivity index (χ4n) is 3.68. The van der Waals surface area contributed by atoms with Gasteiger partial charge in [0.15, 0.2) is 0 Å². The second-order valence-electron chi connectivity index (χ2n) is 6.29. The molecule has 2 rings (SSSR count). The minimum absolute atomic E-state index is 0.177. The Morgan fingerprint density at radius 3 is 2.55 bits per heavy atom. The topological polar surface area (TPSA) is 42.1 Å². The van der Waals surface area contributed by atoms with Crippen molar-refractivity contribution in [2.24, 2.45) is 11.7 Å². The molecular weight excluding hydrogens is 246 g/mol. The summed E-state index contributed by atoms with van der Waals surface area (Å²) >= 11 is 0. The molecule has 2 N–H and O–H groups in total. The van der Waals surface area contributed by atoms with Crippen LogP contribution in [0.2, 0.25) is 0 Å². The van der Waals surface area contributed by atoms with Crippen molar-refractivity contribution in [3.8, 4) is 0 Å². The highest BCUT2D eigenvalue weighted by Crippen LogP contribution is 2.34. The van der Waals surface area contributed by atoms with Crippen LogP contribution in [0.25, 0.3) is 0 Å². The van der Waals surface area contributed by atoms with Crippen LogP contribution in [-0.4, -0.2) is 29.0 Å². The zero-order chi connectivity index (χ0) is 14.5. The first kappa shape index (κ1) is 15.5. The third-order valence-electron chi connectivity index (χ3n) is 4.95. The highest BCUT2D eigenvalue weighted by molar-refractivity contribution is 5.17. The second kappa shape index (κ2) is 7.19. The van der Waals surface area contributed by atoms with E-state index in [9.17, 15) is 0 Å². The van der Waals surface area contributed by atoms with Gasteiger partial charge < -0.3 is 5.73 Å². The summed E-state index contributed by atoms with van der Waals surface area (Å²) in [6, 6.07) is 5.36. The maximum atomic E-state index is 6.44. The van der Waals surface area contributed by atoms with Crippen molar-refractivity contribution < 1.29 is 0 Å². The van der Waals surface area contributed by atoms with Gasteiger partial charge in [-0.25, -0.2) is 0 Å². The molecule has 0 radical (unpaired) electrons. The minimum Gasteiger partial charge on any atom is -0.326 e. The summed E-state index contributed by atoms with van der Waals surface area (Å²) in [4.78, 5) is 6.68. The Bertz CT molecular complexity index is 392. The van der Waals surface area contributed by atoms with Crippen LogP contribution in [0.4, 0.5) is 0 Å². The van der Waals surface area contributed by atoms with Gasteiger partial charge in [0.2, 0.25) is 0 Å². The minimum atomic E-state index is 0.177. The molecule has 1 aliphatic rings. The molecule has 1 fully saturated rings. The molecule has 1 aliphatic carbocycles. The van der Waals surface area contributed by atoms with E-state index in [4.69, 9.17) is 5.73 Å². The maximum absolute atomic E-state index is 6.44. The summed E-state index contributed by atoms with van der Waals surface area (Å²) in [7, 11) is 2.26. The molecule has 0 spiro atoms. The Balaban J connectivity index is 2.22. The summed E-state index contributed by atoms with van der Waals surface area (Å²) in [5, 5.41) is 0. The van der Waals surface area contributed by atoms with E-state index in [1.807, 2.05) is 12.4 Å². The smallest absolute Gasteiger partial charge is 0.0500 e. The van der Waals surface area contributed by atoms with Crippen LogP contribution in [0, 0.1) is 5.92 Å². The molecule has 4 atom stereocenters. The van der Waals surface area contributed by atoms with Gasteiger partial charge in [-0.15, -0.1) is 0 Å². The largest absolute Gasteiger partial charge is 0.326 e. The maximum Gasteiger partial charge on any atom is 0.0500 e. The van der Waals surface area contributed by atoms with Crippen LogP contribution < -0.4 is 5.73 Å². The third kappa shape index (κ3) is 3.39. The first-order chi connectivity index (χ1) is 9.65. The SMILES string of the molecule is CCC(N)C(c1ccncc1)N(C)C1CCCCC1C. The van der Waals surface area contributed by atoms with Crippen LogP contribution in [0.15, 0.2) is 24.5 Å². The van der Waals surface area contributed by atoms with Gasteiger partial charge in [-0.1, -0.05) is 26.7 Å². The van der Waals surface area contributed by atoms with Gasteiger partial charge in [0, 0.05) is 30.5 Å². The standard InChI is InChI=1S/C17H29N3/c1-4-15(18)17(14-9-11-19-12-10-14)20(3)16-8-6-5-7-13(16)2/h9-13,15-17H,4-8,18H2,1-3H3. The lowest BCUT2D eigenvalue weighted by molar-refractivity contribution is 0.0823. The number of hydrogen-bond acceptors (Lipinski definition) is 3. The van der Waals surface area contributed by atoms with Crippen molar-refractivity contribution in [1.82, 2.24) is 9.88 Å². The lowest BCUT2D eigenvalue weighted by Crippen LogP contribution is -2.47. The van der Waals surface area contributed by atoms with E-state index in [-0.39, 0.29) is 6.04 Å². The second-order valence-corrected chi connectivity index (χ2v) is 6.29. The first-order valence-corrected chi connectivity index (χ1v) is 8.02. The predicted octanol–water partition coefficient (Wildman–Crippen LogP) is 3.37. The number of nitrogens with two attached hydrogens (primary N) is 1. The average Bonchev–Trinajstić information content (AvgIpc) is 2.48. The Morgan fingerprint density at radius 2 is 1.95 bits per heavy atom. The number of pyridine rings is 1. The summed E-state index contributed by atoms with van der Waals surface area (Å²) in [5.74, 6) is 0.766. The van der Waals surface area contributed by atoms with Crippen LogP contribution in [0.5, 0.6) is 0 Å². The fraction of sp³-hybridized carbons (Fsp3) is 0.706. The Morgan fingerprint density at radius 1 is 1.30 bits per heavy atom. The van der Waals surface area contributed by atoms with Crippen molar-refractivity contribution in [1.29, 1.82) is 0 Å². The quantitative estimate of drug-likeness (QED) is 0.896. The van der Waals surface area contributed by atoms with Crippen molar-refractivity contribution in [2.75, 3.05) is 7.05 Å². The van der Waals surface area contributed by atoms with E-state index < -0.39 is 0 Å². The van der Waals surface area contributed by atoms with Gasteiger partial charge in [0.05, 0.1) is 0 Å². The van der Waals surface area contributed by atoms with E-state index >= 15 is 0 Å². The molecule has 4 unspecified atom stereocenters. The zero-order valence-corrected chi connectivity index (χ0v) is 13.1. The summed E-state index contributed by atoms with van der Waals surface area (Å²) in [6.45, 7) is 4.57. The number of nitrogens with zero attached hydrogens (tertiary/aromatic N) is 2. The third-order valence-corrected chi connectivity index (χ3v) is 4.95. The molecule has 20 heavy (non-hydrogen) atoms. The zero-order valence-electron chi connectivity index (χ0n) is 13.1. The molecule has 112 valence electrons. The first-order valence-electron chi connectivity index (χ1n) is 8.02. The van der Waals surface area contributed by atoms with E-state index in [1.54, 1.807) is 0 Å². The van der Waals surface area contributed by atoms with Gasteiger partial charge in [0.1, 0.15) is 0 Å². The lowest BCUT2D eigenvalue weighted by atomic mass is 9.83. The number of likely N-dealkylation sites (N-methyl/N-ethyl adjacent to an activating group) is 1. The number of rotatable bonds is 5. The molecule has 1 aromatic heterocycles. The van der Waals surface area contributed by atoms with Crippen LogP contribution in [-0.2, 0) is 0 Å². The molecular formula is C17H29N3. The van der Waals surface area contributed by atoms with Crippen molar-refractivity contribution in [2.45, 2.75) is 64.1 Å². The molecule has 1 aromatic rings. The van der Waals surface area contributed by atoms with Crippen LogP contribution >= 0.6 is 0 Å². The van der Waals surface area contributed by atoms with E-state index in [0.29, 0.717) is 12.1 Å². The van der Waals surface area contributed by atoms with Gasteiger partial charge in [-0.2, -0.15) is 0 Å². The normalized spacial score (nSPS) is 26.4. The van der Waals surface area contributed by atoms with Crippen molar-refractivity contribution in [3.05, 3.63) is 30.1 Å². The van der Waals surface area contributed by atoms with Crippen molar-refractivity contribution >= 4 is 0 Å². The Labute approximate surface area is 123 Å². The highest BCUT2D eigenvalue weighted by atomic mass is 15.2. The molecule has 3 nitrogen and oxygen atoms in total. The van der Waals surface area contributed by atoms with Gasteiger partial charge in [0.25, 0.3) is 0 Å². The summed E-state index contributed by atoms with van der Waals surface area (Å²) in [5.41, 5.74) is 7.74. The molecule has 0 aliphatic heterocycles. The van der Waals surface area contributed by atoms with E-state index in [1.165, 1.54) is 31.2 Å². The average molecular weight is 275 g/mol. The predicted molar refractivity (Wildman–Crippen MR) is 84.4 cm³/mol. The summed E-state index contributed by atoms with van der Waals surface area (Å²) < 4.78 is 0. The summed E-state index contributed by atoms with van der Waals surface area (Å²) in [6.07, 6.45) is 10.1. The van der Waals surface area contributed by atoms with Gasteiger partial charge >= 0.3 is 0 Å². The number of aromatic nitrogens is 1. The molecule has 1 saturated carbocycles. The lowest BCUT2D eigenvalue weighted by Gasteiger charge is -2.43. The monoisotopic (exact) mass is 275 g/mol. The number of hydrogen-bond donors (Lipinski definition) is 1. The molecule has 1 heterocycles. The van der Waals surface area contributed by atoms with Crippen molar-refractivity contribution in [3.63, 3.8) is 0 Å². The van der Waals surface area contributed by atoms with Crippen LogP contribution in [0.1, 0.15) is 57.6 Å². The van der Waals surface area contributed by atoms with E-state index in [2.05, 4.69) is 42.9 Å². The van der Waals surface area contributed by atoms with Gasteiger partial charge in [-0.05, 0) is 49.9 Å². The van der Waals surface area contributed by atoms with Gasteiger partial charge in [-0.3, -0.25) is 9.88 Å². The molecule has 0 aromatic carbocycles. The van der Waals surface area contributed by atoms with Crippen LogP contribution in [0.3, 0.4) is 0 Å². The fourth-order valence-corrected chi connectivity index (χ4v) is 3.68.